The third-order valence-electron chi connectivity index (χ3n) is 2.47. The van der Waals surface area contributed by atoms with Crippen LogP contribution in [0.1, 0.15) is 36.3 Å². The zero-order valence-electron chi connectivity index (χ0n) is 11.8. The van der Waals surface area contributed by atoms with Gasteiger partial charge in [-0.05, 0) is 31.4 Å². The number of ether oxygens (including phenoxy) is 1. The van der Waals surface area contributed by atoms with Gasteiger partial charge in [-0.1, -0.05) is 13.8 Å². The number of hydrogen-bond acceptors (Lipinski definition) is 4. The molecule has 19 heavy (non-hydrogen) atoms. The molecular weight excluding hydrogens is 244 g/mol. The Morgan fingerprint density at radius 1 is 1.47 bits per heavy atom. The summed E-state index contributed by atoms with van der Waals surface area (Å²) >= 11 is 0. The molecule has 0 radical (unpaired) electrons. The monoisotopic (exact) mass is 266 g/mol. The van der Waals surface area contributed by atoms with Gasteiger partial charge in [0.15, 0.2) is 0 Å². The van der Waals surface area contributed by atoms with E-state index >= 15 is 0 Å². The van der Waals surface area contributed by atoms with Crippen LogP contribution < -0.4 is 5.32 Å². The molecule has 0 aromatic carbocycles. The Labute approximate surface area is 114 Å². The average molecular weight is 266 g/mol. The molecule has 0 saturated heterocycles. The Bertz CT molecular complexity index is 419. The predicted molar refractivity (Wildman–Crippen MR) is 74.7 cm³/mol. The Morgan fingerprint density at radius 3 is 2.84 bits per heavy atom. The summed E-state index contributed by atoms with van der Waals surface area (Å²) in [5.74, 6) is -0.00701. The number of carboxylic acids is 1. The summed E-state index contributed by atoms with van der Waals surface area (Å²) in [6.07, 6.45) is 0.821. The lowest BCUT2D eigenvalue weighted by Crippen LogP contribution is -2.12. The molecule has 1 aromatic heterocycles. The molecule has 0 amide bonds. The molecule has 5 nitrogen and oxygen atoms in total. The summed E-state index contributed by atoms with van der Waals surface area (Å²) in [6, 6.07) is 3.27. The van der Waals surface area contributed by atoms with E-state index in [9.17, 15) is 4.79 Å². The number of carboxylic acid groups (broad SMARTS) is 1. The Kier molecular flexibility index (Phi) is 6.29. The highest BCUT2D eigenvalue weighted by Gasteiger charge is 2.10. The SMILES string of the molecule is Cc1ccc(C(=O)O)c(NCCCOCC(C)C)n1. The quantitative estimate of drug-likeness (QED) is 0.708. The van der Waals surface area contributed by atoms with Gasteiger partial charge in [-0.3, -0.25) is 0 Å². The number of rotatable bonds is 8. The maximum absolute atomic E-state index is 11.0. The molecule has 0 fully saturated rings. The summed E-state index contributed by atoms with van der Waals surface area (Å²) in [5, 5.41) is 12.1. The second-order valence-electron chi connectivity index (χ2n) is 4.90. The van der Waals surface area contributed by atoms with Crippen molar-refractivity contribution in [2.24, 2.45) is 5.92 Å². The van der Waals surface area contributed by atoms with Crippen LogP contribution in [0.3, 0.4) is 0 Å². The number of carbonyl (C=O) groups is 1. The third-order valence-corrected chi connectivity index (χ3v) is 2.47. The second-order valence-corrected chi connectivity index (χ2v) is 4.90. The predicted octanol–water partition coefficient (Wildman–Crippen LogP) is 2.56. The molecule has 1 heterocycles. The lowest BCUT2D eigenvalue weighted by Gasteiger charge is -2.10. The first-order chi connectivity index (χ1) is 9.00. The summed E-state index contributed by atoms with van der Waals surface area (Å²) in [5.41, 5.74) is 0.997. The number of pyridine rings is 1. The van der Waals surface area contributed by atoms with Crippen molar-refractivity contribution in [1.82, 2.24) is 4.98 Å². The zero-order valence-corrected chi connectivity index (χ0v) is 11.8. The molecule has 0 aliphatic heterocycles. The van der Waals surface area contributed by atoms with Crippen molar-refractivity contribution < 1.29 is 14.6 Å². The van der Waals surface area contributed by atoms with Gasteiger partial charge >= 0.3 is 5.97 Å². The Balaban J connectivity index is 2.40. The fourth-order valence-corrected chi connectivity index (χ4v) is 1.56. The van der Waals surface area contributed by atoms with Gasteiger partial charge in [-0.2, -0.15) is 0 Å². The molecule has 106 valence electrons. The largest absolute Gasteiger partial charge is 0.478 e. The molecular formula is C14H22N2O3. The topological polar surface area (TPSA) is 71.5 Å². The first kappa shape index (κ1) is 15.4. The summed E-state index contributed by atoms with van der Waals surface area (Å²) in [4.78, 5) is 15.2. The molecule has 0 spiro atoms. The molecule has 0 aliphatic rings. The van der Waals surface area contributed by atoms with E-state index in [1.807, 2.05) is 6.92 Å². The van der Waals surface area contributed by atoms with E-state index in [0.717, 1.165) is 18.7 Å². The lowest BCUT2D eigenvalue weighted by atomic mass is 10.2. The lowest BCUT2D eigenvalue weighted by molar-refractivity contribution is 0.0697. The highest BCUT2D eigenvalue weighted by Crippen LogP contribution is 2.13. The van der Waals surface area contributed by atoms with Crippen LogP contribution in [0.15, 0.2) is 12.1 Å². The van der Waals surface area contributed by atoms with Crippen LogP contribution >= 0.6 is 0 Å². The average Bonchev–Trinajstić information content (AvgIpc) is 2.33. The first-order valence-corrected chi connectivity index (χ1v) is 6.53. The molecule has 0 aliphatic carbocycles. The maximum Gasteiger partial charge on any atom is 0.339 e. The minimum Gasteiger partial charge on any atom is -0.478 e. The van der Waals surface area contributed by atoms with E-state index in [2.05, 4.69) is 24.1 Å². The number of hydrogen-bond donors (Lipinski definition) is 2. The highest BCUT2D eigenvalue weighted by molar-refractivity contribution is 5.93. The van der Waals surface area contributed by atoms with Crippen molar-refractivity contribution in [3.8, 4) is 0 Å². The van der Waals surface area contributed by atoms with Crippen molar-refractivity contribution in [3.63, 3.8) is 0 Å². The highest BCUT2D eigenvalue weighted by atomic mass is 16.5. The smallest absolute Gasteiger partial charge is 0.339 e. The minimum atomic E-state index is -0.967. The standard InChI is InChI=1S/C14H22N2O3/c1-10(2)9-19-8-4-7-15-13-12(14(17)18)6-5-11(3)16-13/h5-6,10H,4,7-9H2,1-3H3,(H,15,16)(H,17,18). The van der Waals surface area contributed by atoms with Gasteiger partial charge in [0.25, 0.3) is 0 Å². The second kappa shape index (κ2) is 7.74. The molecule has 0 saturated carbocycles. The van der Waals surface area contributed by atoms with Crippen molar-refractivity contribution in [2.75, 3.05) is 25.1 Å². The van der Waals surface area contributed by atoms with E-state index < -0.39 is 5.97 Å². The Hall–Kier alpha value is -1.62. The van der Waals surface area contributed by atoms with Crippen molar-refractivity contribution in [3.05, 3.63) is 23.4 Å². The van der Waals surface area contributed by atoms with Gasteiger partial charge in [-0.25, -0.2) is 9.78 Å². The van der Waals surface area contributed by atoms with Crippen molar-refractivity contribution in [1.29, 1.82) is 0 Å². The number of aromatic nitrogens is 1. The van der Waals surface area contributed by atoms with Crippen LogP contribution in [0.2, 0.25) is 0 Å². The van der Waals surface area contributed by atoms with Crippen LogP contribution in [0, 0.1) is 12.8 Å². The number of nitrogens with zero attached hydrogens (tertiary/aromatic N) is 1. The minimum absolute atomic E-state index is 0.202. The van der Waals surface area contributed by atoms with Gasteiger partial charge < -0.3 is 15.2 Å². The van der Waals surface area contributed by atoms with Gasteiger partial charge in [0, 0.05) is 25.5 Å². The third kappa shape index (κ3) is 5.70. The van der Waals surface area contributed by atoms with Crippen molar-refractivity contribution in [2.45, 2.75) is 27.2 Å². The number of nitrogens with one attached hydrogen (secondary N) is 1. The van der Waals surface area contributed by atoms with Crippen LogP contribution in [-0.2, 0) is 4.74 Å². The molecule has 0 atom stereocenters. The van der Waals surface area contributed by atoms with Gasteiger partial charge in [0.1, 0.15) is 11.4 Å². The van der Waals surface area contributed by atoms with Crippen LogP contribution in [0.5, 0.6) is 0 Å². The molecule has 1 aromatic rings. The summed E-state index contributed by atoms with van der Waals surface area (Å²) in [7, 11) is 0. The van der Waals surface area contributed by atoms with E-state index in [0.29, 0.717) is 24.9 Å². The first-order valence-electron chi connectivity index (χ1n) is 6.53. The van der Waals surface area contributed by atoms with Gasteiger partial charge in [0.05, 0.1) is 0 Å². The Morgan fingerprint density at radius 2 is 2.21 bits per heavy atom. The molecule has 0 unspecified atom stereocenters. The van der Waals surface area contributed by atoms with E-state index in [1.165, 1.54) is 0 Å². The summed E-state index contributed by atoms with van der Waals surface area (Å²) in [6.45, 7) is 8.11. The zero-order chi connectivity index (χ0) is 14.3. The number of aryl methyl sites for hydroxylation is 1. The number of aromatic carboxylic acids is 1. The van der Waals surface area contributed by atoms with Crippen LogP contribution in [-0.4, -0.2) is 35.8 Å². The van der Waals surface area contributed by atoms with E-state index in [4.69, 9.17) is 9.84 Å². The van der Waals surface area contributed by atoms with E-state index in [-0.39, 0.29) is 5.56 Å². The van der Waals surface area contributed by atoms with Gasteiger partial charge in [0.2, 0.25) is 0 Å². The molecule has 2 N–H and O–H groups in total. The van der Waals surface area contributed by atoms with Crippen LogP contribution in [0.25, 0.3) is 0 Å². The normalized spacial score (nSPS) is 10.7. The maximum atomic E-state index is 11.0. The van der Waals surface area contributed by atoms with Gasteiger partial charge in [-0.15, -0.1) is 0 Å². The van der Waals surface area contributed by atoms with Crippen molar-refractivity contribution >= 4 is 11.8 Å². The molecule has 1 rings (SSSR count). The fourth-order valence-electron chi connectivity index (χ4n) is 1.56. The number of anilines is 1. The fraction of sp³-hybridized carbons (Fsp3) is 0.571. The van der Waals surface area contributed by atoms with Crippen LogP contribution in [0.4, 0.5) is 5.82 Å². The summed E-state index contributed by atoms with van der Waals surface area (Å²) < 4.78 is 5.46. The molecule has 0 bridgehead atoms. The molecule has 5 heteroatoms. The van der Waals surface area contributed by atoms with E-state index in [1.54, 1.807) is 12.1 Å².